The van der Waals surface area contributed by atoms with E-state index in [-0.39, 0.29) is 5.78 Å². The molecule has 0 bridgehead atoms. The summed E-state index contributed by atoms with van der Waals surface area (Å²) in [5, 5.41) is 1.07. The maximum absolute atomic E-state index is 12.1. The number of hydrogen-bond acceptors (Lipinski definition) is 2. The van der Waals surface area contributed by atoms with Gasteiger partial charge in [-0.15, -0.1) is 0 Å². The van der Waals surface area contributed by atoms with Gasteiger partial charge in [-0.05, 0) is 18.9 Å². The molecule has 3 nitrogen and oxygen atoms in total. The van der Waals surface area contributed by atoms with Crippen LogP contribution in [0.25, 0.3) is 10.9 Å². The molecule has 0 atom stereocenters. The highest BCUT2D eigenvalue weighted by molar-refractivity contribution is 6.10. The fourth-order valence-corrected chi connectivity index (χ4v) is 2.75. The summed E-state index contributed by atoms with van der Waals surface area (Å²) in [7, 11) is 1.69. The Morgan fingerprint density at radius 3 is 2.94 bits per heavy atom. The van der Waals surface area contributed by atoms with Gasteiger partial charge in [-0.25, -0.2) is 0 Å². The van der Waals surface area contributed by atoms with Crippen LogP contribution >= 0.6 is 0 Å². The van der Waals surface area contributed by atoms with E-state index in [0.717, 1.165) is 35.0 Å². The quantitative estimate of drug-likeness (QED) is 0.793. The Kier molecular flexibility index (Phi) is 2.48. The van der Waals surface area contributed by atoms with Crippen molar-refractivity contribution in [3.63, 3.8) is 0 Å². The molecular formula is C14H15NO2. The van der Waals surface area contributed by atoms with Gasteiger partial charge >= 0.3 is 0 Å². The van der Waals surface area contributed by atoms with Crippen LogP contribution in [0.1, 0.15) is 28.9 Å². The zero-order chi connectivity index (χ0) is 11.8. The molecule has 0 saturated carbocycles. The Labute approximate surface area is 100.0 Å². The lowest BCUT2D eigenvalue weighted by molar-refractivity contribution is 0.0968. The summed E-state index contributed by atoms with van der Waals surface area (Å²) in [6, 6.07) is 8.08. The van der Waals surface area contributed by atoms with E-state index < -0.39 is 0 Å². The molecule has 0 unspecified atom stereocenters. The average molecular weight is 229 g/mol. The minimum atomic E-state index is 0.275. The third-order valence-corrected chi connectivity index (χ3v) is 3.43. The van der Waals surface area contributed by atoms with Gasteiger partial charge in [-0.2, -0.15) is 0 Å². The molecule has 1 aliphatic rings. The maximum atomic E-state index is 12.1. The van der Waals surface area contributed by atoms with E-state index in [9.17, 15) is 4.79 Å². The Balaban J connectivity index is 2.34. The lowest BCUT2D eigenvalue weighted by Gasteiger charge is -2.14. The lowest BCUT2D eigenvalue weighted by Crippen LogP contribution is -2.13. The molecule has 0 fully saturated rings. The predicted molar refractivity (Wildman–Crippen MR) is 66.2 cm³/mol. The third-order valence-electron chi connectivity index (χ3n) is 3.43. The smallest absolute Gasteiger partial charge is 0.165 e. The van der Waals surface area contributed by atoms with Crippen LogP contribution in [0, 0.1) is 0 Å². The molecule has 3 rings (SSSR count). The van der Waals surface area contributed by atoms with Gasteiger partial charge in [0.05, 0.1) is 5.52 Å². The minimum absolute atomic E-state index is 0.275. The number of rotatable bonds is 2. The van der Waals surface area contributed by atoms with Crippen LogP contribution in [0.2, 0.25) is 0 Å². The van der Waals surface area contributed by atoms with Crippen molar-refractivity contribution in [2.75, 3.05) is 7.11 Å². The number of Topliss-reactive ketones (excluding diaryl/α,β-unsaturated/α-hetero) is 1. The van der Waals surface area contributed by atoms with Gasteiger partial charge in [0.15, 0.2) is 5.78 Å². The molecule has 0 N–H and O–H groups in total. The maximum Gasteiger partial charge on any atom is 0.165 e. The fourth-order valence-electron chi connectivity index (χ4n) is 2.75. The number of ketones is 1. The largest absolute Gasteiger partial charge is 0.364 e. The molecule has 1 aromatic carbocycles. The van der Waals surface area contributed by atoms with E-state index >= 15 is 0 Å². The van der Waals surface area contributed by atoms with Crippen molar-refractivity contribution in [1.29, 1.82) is 0 Å². The second kappa shape index (κ2) is 4.00. The molecule has 17 heavy (non-hydrogen) atoms. The van der Waals surface area contributed by atoms with Gasteiger partial charge in [0.1, 0.15) is 6.73 Å². The molecule has 1 heterocycles. The molecule has 1 aliphatic carbocycles. The zero-order valence-corrected chi connectivity index (χ0v) is 9.90. The minimum Gasteiger partial charge on any atom is -0.364 e. The van der Waals surface area contributed by atoms with Gasteiger partial charge in [-0.1, -0.05) is 18.2 Å². The number of ether oxygens (including phenoxy) is 1. The zero-order valence-electron chi connectivity index (χ0n) is 9.90. The van der Waals surface area contributed by atoms with Crippen LogP contribution in [0.5, 0.6) is 0 Å². The van der Waals surface area contributed by atoms with Gasteiger partial charge < -0.3 is 9.30 Å². The molecule has 88 valence electrons. The molecule has 0 radical (unpaired) electrons. The highest BCUT2D eigenvalue weighted by atomic mass is 16.5. The molecule has 0 amide bonds. The Morgan fingerprint density at radius 1 is 1.29 bits per heavy atom. The first-order chi connectivity index (χ1) is 8.33. The van der Waals surface area contributed by atoms with Crippen LogP contribution in [-0.2, 0) is 17.9 Å². The van der Waals surface area contributed by atoms with Crippen molar-refractivity contribution in [3.8, 4) is 0 Å². The van der Waals surface area contributed by atoms with Crippen LogP contribution in [0.4, 0.5) is 0 Å². The summed E-state index contributed by atoms with van der Waals surface area (Å²) in [6.45, 7) is 0.517. The lowest BCUT2D eigenvalue weighted by atomic mass is 9.94. The van der Waals surface area contributed by atoms with Crippen LogP contribution < -0.4 is 0 Å². The topological polar surface area (TPSA) is 31.2 Å². The molecule has 1 aromatic heterocycles. The van der Waals surface area contributed by atoms with Crippen molar-refractivity contribution in [3.05, 3.63) is 35.5 Å². The fraction of sp³-hybridized carbons (Fsp3) is 0.357. The first-order valence-electron chi connectivity index (χ1n) is 5.95. The SMILES string of the molecule is COCn1c2c(c3ccccc31)C(=O)CCC2. The van der Waals surface area contributed by atoms with E-state index in [1.165, 1.54) is 0 Å². The summed E-state index contributed by atoms with van der Waals surface area (Å²) in [5.74, 6) is 0.275. The number of fused-ring (bicyclic) bond motifs is 3. The number of aromatic nitrogens is 1. The first-order valence-corrected chi connectivity index (χ1v) is 5.95. The van der Waals surface area contributed by atoms with E-state index in [1.807, 2.05) is 18.2 Å². The summed E-state index contributed by atoms with van der Waals surface area (Å²) >= 11 is 0. The Hall–Kier alpha value is -1.61. The number of methoxy groups -OCH3 is 1. The van der Waals surface area contributed by atoms with Crippen molar-refractivity contribution in [2.24, 2.45) is 0 Å². The Morgan fingerprint density at radius 2 is 2.12 bits per heavy atom. The van der Waals surface area contributed by atoms with Gasteiger partial charge in [0.2, 0.25) is 0 Å². The molecule has 3 heteroatoms. The number of benzene rings is 1. The van der Waals surface area contributed by atoms with Crippen molar-refractivity contribution in [1.82, 2.24) is 4.57 Å². The highest BCUT2D eigenvalue weighted by Crippen LogP contribution is 2.31. The standard InChI is InChI=1S/C14H15NO2/c1-17-9-15-11-6-3-2-5-10(11)14-12(15)7-4-8-13(14)16/h2-3,5-6H,4,7-9H2,1H3. The molecule has 0 aliphatic heterocycles. The second-order valence-corrected chi connectivity index (χ2v) is 4.46. The number of para-hydroxylation sites is 1. The molecule has 2 aromatic rings. The van der Waals surface area contributed by atoms with E-state index in [4.69, 9.17) is 4.74 Å². The first kappa shape index (κ1) is 10.5. The van der Waals surface area contributed by atoms with Crippen LogP contribution in [0.15, 0.2) is 24.3 Å². The highest BCUT2D eigenvalue weighted by Gasteiger charge is 2.25. The molecular weight excluding hydrogens is 214 g/mol. The third kappa shape index (κ3) is 1.50. The molecule has 0 saturated heterocycles. The van der Waals surface area contributed by atoms with Crippen molar-refractivity contribution in [2.45, 2.75) is 26.0 Å². The van der Waals surface area contributed by atoms with E-state index in [2.05, 4.69) is 10.6 Å². The summed E-state index contributed by atoms with van der Waals surface area (Å²) < 4.78 is 7.37. The van der Waals surface area contributed by atoms with Crippen molar-refractivity contribution >= 4 is 16.7 Å². The number of hydrogen-bond donors (Lipinski definition) is 0. The summed E-state index contributed by atoms with van der Waals surface area (Å²) in [5.41, 5.74) is 3.17. The Bertz CT molecular complexity index is 583. The van der Waals surface area contributed by atoms with Gasteiger partial charge in [0, 0.05) is 30.2 Å². The van der Waals surface area contributed by atoms with E-state index in [0.29, 0.717) is 13.2 Å². The van der Waals surface area contributed by atoms with Crippen molar-refractivity contribution < 1.29 is 9.53 Å². The average Bonchev–Trinajstić information content (AvgIpc) is 2.66. The normalized spacial score (nSPS) is 15.2. The number of carbonyl (C=O) groups is 1. The van der Waals surface area contributed by atoms with Gasteiger partial charge in [0.25, 0.3) is 0 Å². The molecule has 0 spiro atoms. The number of nitrogens with zero attached hydrogens (tertiary/aromatic N) is 1. The van der Waals surface area contributed by atoms with Gasteiger partial charge in [-0.3, -0.25) is 4.79 Å². The second-order valence-electron chi connectivity index (χ2n) is 4.46. The van der Waals surface area contributed by atoms with Crippen LogP contribution in [-0.4, -0.2) is 17.5 Å². The van der Waals surface area contributed by atoms with Crippen LogP contribution in [0.3, 0.4) is 0 Å². The summed E-state index contributed by atoms with van der Waals surface area (Å²) in [4.78, 5) is 12.1. The van der Waals surface area contributed by atoms with E-state index in [1.54, 1.807) is 7.11 Å². The monoisotopic (exact) mass is 229 g/mol. The number of carbonyl (C=O) groups excluding carboxylic acids is 1. The predicted octanol–water partition coefficient (Wildman–Crippen LogP) is 2.76. The summed E-state index contributed by atoms with van der Waals surface area (Å²) in [6.07, 6.45) is 2.60.